The number of aliphatic hydroxyl groups excluding tert-OH is 1. The lowest BCUT2D eigenvalue weighted by Gasteiger charge is -2.45. The first-order chi connectivity index (χ1) is 18.6. The highest BCUT2D eigenvalue weighted by Gasteiger charge is 2.78. The third kappa shape index (κ3) is 3.81. The van der Waals surface area contributed by atoms with E-state index in [1.165, 1.54) is 6.08 Å². The van der Waals surface area contributed by atoms with Crippen LogP contribution in [0.25, 0.3) is 10.9 Å². The maximum atomic E-state index is 14.2. The Morgan fingerprint density at radius 3 is 2.69 bits per heavy atom. The number of aromatic amines is 1. The van der Waals surface area contributed by atoms with Crippen LogP contribution >= 0.6 is 0 Å². The minimum atomic E-state index is -1.41. The third-order valence-electron chi connectivity index (χ3n) is 9.86. The van der Waals surface area contributed by atoms with Crippen molar-refractivity contribution in [1.29, 1.82) is 0 Å². The summed E-state index contributed by atoms with van der Waals surface area (Å²) in [6, 6.07) is 7.77. The van der Waals surface area contributed by atoms with Gasteiger partial charge in [-0.1, -0.05) is 50.3 Å². The number of amides is 1. The van der Waals surface area contributed by atoms with Crippen molar-refractivity contribution in [3.05, 3.63) is 72.0 Å². The monoisotopic (exact) mass is 528 g/mol. The van der Waals surface area contributed by atoms with Crippen LogP contribution in [-0.4, -0.2) is 51.4 Å². The van der Waals surface area contributed by atoms with Gasteiger partial charge in [-0.3, -0.25) is 14.4 Å². The van der Waals surface area contributed by atoms with Crippen LogP contribution in [0.1, 0.15) is 39.7 Å². The number of fused-ring (bicyclic) bond motifs is 3. The quantitative estimate of drug-likeness (QED) is 0.312. The Bertz CT molecular complexity index is 1450. The predicted molar refractivity (Wildman–Crippen MR) is 148 cm³/mol. The van der Waals surface area contributed by atoms with Crippen LogP contribution < -0.4 is 5.32 Å². The Morgan fingerprint density at radius 2 is 1.90 bits per heavy atom. The van der Waals surface area contributed by atoms with E-state index in [9.17, 15) is 19.5 Å². The molecule has 0 radical (unpaired) electrons. The fourth-order valence-electron chi connectivity index (χ4n) is 7.66. The molecule has 6 rings (SSSR count). The van der Waals surface area contributed by atoms with Crippen molar-refractivity contribution in [3.8, 4) is 0 Å². The molecule has 7 nitrogen and oxygen atoms in total. The average Bonchev–Trinajstić information content (AvgIpc) is 3.31. The molecule has 2 saturated heterocycles. The lowest BCUT2D eigenvalue weighted by Crippen LogP contribution is -2.58. The Hall–Kier alpha value is -3.29. The van der Waals surface area contributed by atoms with Crippen molar-refractivity contribution in [2.24, 2.45) is 29.1 Å². The van der Waals surface area contributed by atoms with Crippen molar-refractivity contribution in [2.45, 2.75) is 64.4 Å². The van der Waals surface area contributed by atoms with Gasteiger partial charge in [-0.25, -0.2) is 0 Å². The Morgan fingerprint density at radius 1 is 1.13 bits per heavy atom. The van der Waals surface area contributed by atoms with Gasteiger partial charge in [0.2, 0.25) is 5.91 Å². The number of ether oxygens (including phenoxy) is 1. The van der Waals surface area contributed by atoms with Gasteiger partial charge in [0.25, 0.3) is 0 Å². The molecule has 1 saturated carbocycles. The molecule has 3 fully saturated rings. The Kier molecular flexibility index (Phi) is 6.08. The number of hydrogen-bond acceptors (Lipinski definition) is 5. The summed E-state index contributed by atoms with van der Waals surface area (Å²) in [5, 5.41) is 14.9. The van der Waals surface area contributed by atoms with E-state index >= 15 is 0 Å². The molecule has 2 aromatic rings. The van der Waals surface area contributed by atoms with Gasteiger partial charge in [-0.05, 0) is 67.9 Å². The highest BCUT2D eigenvalue weighted by Crippen LogP contribution is 2.66. The summed E-state index contributed by atoms with van der Waals surface area (Å²) in [7, 11) is 0. The van der Waals surface area contributed by atoms with E-state index in [0.29, 0.717) is 18.4 Å². The van der Waals surface area contributed by atoms with Crippen molar-refractivity contribution in [1.82, 2.24) is 10.3 Å². The topological polar surface area (TPSA) is 112 Å². The number of epoxide rings is 1. The van der Waals surface area contributed by atoms with Gasteiger partial charge >= 0.3 is 0 Å². The summed E-state index contributed by atoms with van der Waals surface area (Å²) in [5.74, 6) is -2.11. The molecule has 1 unspecified atom stereocenters. The van der Waals surface area contributed by atoms with Crippen molar-refractivity contribution >= 4 is 28.4 Å². The first-order valence-corrected chi connectivity index (χ1v) is 13.9. The third-order valence-corrected chi connectivity index (χ3v) is 9.86. The number of carbonyl (C=O) groups excluding carboxylic acids is 3. The molecule has 0 bridgehead atoms. The number of benzene rings is 1. The lowest BCUT2D eigenvalue weighted by molar-refractivity contribution is -0.145. The molecular formula is C32H36N2O5. The summed E-state index contributed by atoms with van der Waals surface area (Å²) in [6.07, 6.45) is 9.89. The molecule has 4 aliphatic rings. The second-order valence-corrected chi connectivity index (χ2v) is 12.1. The van der Waals surface area contributed by atoms with Crippen molar-refractivity contribution in [2.75, 3.05) is 0 Å². The second kappa shape index (κ2) is 9.14. The number of aromatic nitrogens is 1. The van der Waals surface area contributed by atoms with Crippen LogP contribution in [0.4, 0.5) is 0 Å². The Labute approximate surface area is 228 Å². The van der Waals surface area contributed by atoms with Gasteiger partial charge in [0, 0.05) is 35.0 Å². The number of rotatable bonds is 2. The minimum absolute atomic E-state index is 0.0666. The molecule has 1 amide bonds. The average molecular weight is 529 g/mol. The van der Waals surface area contributed by atoms with E-state index in [1.807, 2.05) is 49.5 Å². The SMILES string of the molecule is C/C1=C\[C@@H](C)C/C=C/C2[C@@H]3O[C@]3(C)[C@@H](C)[C@H]3[C@H](Cc4c[nH]c5ccccc45)NC(=O)[C@@]23C(=O)/C=C/C(=O)[C@@H]1O. The van der Waals surface area contributed by atoms with Gasteiger partial charge in [-0.15, -0.1) is 0 Å². The van der Waals surface area contributed by atoms with Gasteiger partial charge < -0.3 is 20.1 Å². The number of hydrogen-bond donors (Lipinski definition) is 3. The molecular weight excluding hydrogens is 492 g/mol. The summed E-state index contributed by atoms with van der Waals surface area (Å²) in [4.78, 5) is 44.5. The summed E-state index contributed by atoms with van der Waals surface area (Å²) < 4.78 is 6.33. The molecule has 2 aliphatic carbocycles. The summed E-state index contributed by atoms with van der Waals surface area (Å²) >= 11 is 0. The van der Waals surface area contributed by atoms with Crippen LogP contribution in [0.3, 0.4) is 0 Å². The first-order valence-electron chi connectivity index (χ1n) is 13.9. The highest BCUT2D eigenvalue weighted by molar-refractivity contribution is 6.15. The van der Waals surface area contributed by atoms with Crippen LogP contribution in [0.15, 0.2) is 66.4 Å². The predicted octanol–water partition coefficient (Wildman–Crippen LogP) is 3.83. The normalized spacial score (nSPS) is 43.1. The number of allylic oxidation sites excluding steroid dienone is 3. The molecule has 1 spiro atoms. The first kappa shape index (κ1) is 26.0. The van der Waals surface area contributed by atoms with Crippen molar-refractivity contribution < 1.29 is 24.2 Å². The molecule has 2 aliphatic heterocycles. The van der Waals surface area contributed by atoms with Crippen LogP contribution in [0.5, 0.6) is 0 Å². The van der Waals surface area contributed by atoms with E-state index in [0.717, 1.165) is 22.5 Å². The zero-order valence-electron chi connectivity index (χ0n) is 22.8. The van der Waals surface area contributed by atoms with E-state index in [2.05, 4.69) is 30.2 Å². The number of carbonyl (C=O) groups is 3. The molecule has 9 atom stereocenters. The fourth-order valence-corrected chi connectivity index (χ4v) is 7.66. The summed E-state index contributed by atoms with van der Waals surface area (Å²) in [5.41, 5.74) is 0.805. The Balaban J connectivity index is 1.46. The minimum Gasteiger partial charge on any atom is -0.381 e. The van der Waals surface area contributed by atoms with Gasteiger partial charge in [0.05, 0.1) is 11.7 Å². The number of nitrogens with one attached hydrogen (secondary N) is 2. The number of H-pyrrole nitrogens is 1. The fraction of sp³-hybridized carbons (Fsp3) is 0.469. The number of aliphatic hydroxyl groups is 1. The maximum Gasteiger partial charge on any atom is 0.235 e. The summed E-state index contributed by atoms with van der Waals surface area (Å²) in [6.45, 7) is 7.90. The molecule has 204 valence electrons. The zero-order valence-corrected chi connectivity index (χ0v) is 22.8. The molecule has 39 heavy (non-hydrogen) atoms. The standard InChI is InChI=1S/C32H36N2O5/c1-17-8-7-10-22-29-31(4,39-29)19(3)27-24(15-20-16-33-23-11-6-5-9-21(20)23)34-30(38)32(22,27)26(36)13-12-25(35)28(37)18(2)14-17/h5-7,9-14,16-17,19,22,24,27-29,33,37H,8,15H2,1-4H3,(H,34,38)/b10-7+,13-12+,18-14+/t17-,19-,22?,24-,27-,28+,29-,31+,32+/m0/s1. The number of para-hydroxylation sites is 1. The maximum absolute atomic E-state index is 14.2. The van der Waals surface area contributed by atoms with Gasteiger partial charge in [0.1, 0.15) is 11.5 Å². The van der Waals surface area contributed by atoms with Crippen LogP contribution in [0, 0.1) is 29.1 Å². The van der Waals surface area contributed by atoms with E-state index in [4.69, 9.17) is 4.74 Å². The largest absolute Gasteiger partial charge is 0.381 e. The number of ketones is 2. The van der Waals surface area contributed by atoms with Gasteiger partial charge in [0.15, 0.2) is 11.6 Å². The van der Waals surface area contributed by atoms with E-state index in [-0.39, 0.29) is 35.8 Å². The molecule has 3 N–H and O–H groups in total. The van der Waals surface area contributed by atoms with E-state index < -0.39 is 34.6 Å². The molecule has 1 aromatic heterocycles. The second-order valence-electron chi connectivity index (χ2n) is 12.1. The zero-order chi connectivity index (χ0) is 27.7. The van der Waals surface area contributed by atoms with Gasteiger partial charge in [-0.2, -0.15) is 0 Å². The highest BCUT2D eigenvalue weighted by atomic mass is 16.6. The smallest absolute Gasteiger partial charge is 0.235 e. The van der Waals surface area contributed by atoms with Crippen molar-refractivity contribution in [3.63, 3.8) is 0 Å². The van der Waals surface area contributed by atoms with E-state index in [1.54, 1.807) is 6.92 Å². The molecule has 1 aromatic carbocycles. The lowest BCUT2D eigenvalue weighted by atomic mass is 9.51. The molecule has 7 heteroatoms. The van der Waals surface area contributed by atoms with Crippen LogP contribution in [0.2, 0.25) is 0 Å². The van der Waals surface area contributed by atoms with Crippen LogP contribution in [-0.2, 0) is 25.5 Å². The molecule has 3 heterocycles.